The van der Waals surface area contributed by atoms with Gasteiger partial charge in [0, 0.05) is 29.2 Å². The highest BCUT2D eigenvalue weighted by molar-refractivity contribution is 9.10. The molecule has 0 fully saturated rings. The van der Waals surface area contributed by atoms with Crippen molar-refractivity contribution in [2.24, 2.45) is 0 Å². The van der Waals surface area contributed by atoms with Crippen molar-refractivity contribution in [3.63, 3.8) is 0 Å². The van der Waals surface area contributed by atoms with Gasteiger partial charge < -0.3 is 4.57 Å². The summed E-state index contributed by atoms with van der Waals surface area (Å²) in [5.74, 6) is 0.201. The van der Waals surface area contributed by atoms with Crippen LogP contribution in [0, 0.1) is 10.1 Å². The summed E-state index contributed by atoms with van der Waals surface area (Å²) in [6.45, 7) is 3.81. The third-order valence-electron chi connectivity index (χ3n) is 1.81. The summed E-state index contributed by atoms with van der Waals surface area (Å²) in [7, 11) is 0. The van der Waals surface area contributed by atoms with Crippen molar-refractivity contribution in [2.45, 2.75) is 6.54 Å². The van der Waals surface area contributed by atoms with Crippen molar-refractivity contribution in [1.29, 1.82) is 0 Å². The zero-order valence-corrected chi connectivity index (χ0v) is 10.5. The van der Waals surface area contributed by atoms with Crippen LogP contribution in [-0.2, 0) is 6.54 Å². The minimum Gasteiger partial charge on any atom is -0.304 e. The molecule has 1 rings (SSSR count). The fourth-order valence-electron chi connectivity index (χ4n) is 1.12. The molecule has 1 aromatic rings. The summed E-state index contributed by atoms with van der Waals surface area (Å²) in [6, 6.07) is 1.17. The number of alkyl halides is 1. The van der Waals surface area contributed by atoms with E-state index in [1.54, 1.807) is 0 Å². The molecular weight excluding hydrogens is 299 g/mol. The molecule has 7 heteroatoms. The Bertz CT molecular complexity index is 498. The van der Waals surface area contributed by atoms with Gasteiger partial charge in [0.1, 0.15) is 0 Å². The molecular formula is C9H8BrClN2O3. The normalized spacial score (nSPS) is 10.1. The van der Waals surface area contributed by atoms with Crippen LogP contribution in [0.25, 0.3) is 0 Å². The van der Waals surface area contributed by atoms with E-state index in [0.29, 0.717) is 10.0 Å². The van der Waals surface area contributed by atoms with Gasteiger partial charge in [0.05, 0.1) is 4.92 Å². The Morgan fingerprint density at radius 3 is 2.81 bits per heavy atom. The largest absolute Gasteiger partial charge is 0.335 e. The molecule has 86 valence electrons. The smallest absolute Gasteiger partial charge is 0.304 e. The van der Waals surface area contributed by atoms with Crippen molar-refractivity contribution in [3.05, 3.63) is 49.4 Å². The summed E-state index contributed by atoms with van der Waals surface area (Å²) < 4.78 is 1.66. The molecule has 0 radical (unpaired) electrons. The number of allylic oxidation sites excluding steroid dienone is 1. The molecule has 0 aromatic carbocycles. The summed E-state index contributed by atoms with van der Waals surface area (Å²) >= 11 is 8.64. The Labute approximate surface area is 105 Å². The second-order valence-corrected chi connectivity index (χ2v) is 4.30. The SMILES string of the molecule is C=C(CCl)Cn1cc(Br)cc([N+](=O)[O-])c1=O. The van der Waals surface area contributed by atoms with Gasteiger partial charge >= 0.3 is 11.2 Å². The number of hydrogen-bond donors (Lipinski definition) is 0. The number of nitro groups is 1. The van der Waals surface area contributed by atoms with Crippen LogP contribution >= 0.6 is 27.5 Å². The quantitative estimate of drug-likeness (QED) is 0.371. The third-order valence-corrected chi connectivity index (χ3v) is 2.63. The highest BCUT2D eigenvalue weighted by Gasteiger charge is 2.15. The fourth-order valence-corrected chi connectivity index (χ4v) is 1.66. The van der Waals surface area contributed by atoms with E-state index in [1.807, 2.05) is 0 Å². The molecule has 0 saturated carbocycles. The van der Waals surface area contributed by atoms with E-state index in [2.05, 4.69) is 22.5 Å². The summed E-state index contributed by atoms with van der Waals surface area (Å²) in [4.78, 5) is 21.5. The zero-order valence-electron chi connectivity index (χ0n) is 8.15. The first-order valence-corrected chi connectivity index (χ1v) is 5.55. The van der Waals surface area contributed by atoms with E-state index in [4.69, 9.17) is 11.6 Å². The van der Waals surface area contributed by atoms with Crippen LogP contribution in [0.3, 0.4) is 0 Å². The van der Waals surface area contributed by atoms with E-state index in [9.17, 15) is 14.9 Å². The van der Waals surface area contributed by atoms with Crippen LogP contribution in [0.15, 0.2) is 33.7 Å². The minimum absolute atomic E-state index is 0.169. The van der Waals surface area contributed by atoms with Crippen molar-refractivity contribution in [3.8, 4) is 0 Å². The van der Waals surface area contributed by atoms with Gasteiger partial charge in [-0.15, -0.1) is 11.6 Å². The number of pyridine rings is 1. The first-order chi connectivity index (χ1) is 7.45. The highest BCUT2D eigenvalue weighted by atomic mass is 79.9. The number of aromatic nitrogens is 1. The molecule has 0 unspecified atom stereocenters. The monoisotopic (exact) mass is 306 g/mol. The van der Waals surface area contributed by atoms with Crippen LogP contribution in [0.1, 0.15) is 0 Å². The Morgan fingerprint density at radius 1 is 1.69 bits per heavy atom. The molecule has 0 amide bonds. The average Bonchev–Trinajstić information content (AvgIpc) is 2.22. The van der Waals surface area contributed by atoms with Crippen molar-refractivity contribution in [2.75, 3.05) is 5.88 Å². The lowest BCUT2D eigenvalue weighted by Gasteiger charge is -2.06. The summed E-state index contributed by atoms with van der Waals surface area (Å²) in [5.41, 5.74) is -0.535. The van der Waals surface area contributed by atoms with Crippen molar-refractivity contribution < 1.29 is 4.92 Å². The van der Waals surface area contributed by atoms with Gasteiger partial charge in [0.25, 0.3) is 0 Å². The molecule has 0 N–H and O–H groups in total. The summed E-state index contributed by atoms with van der Waals surface area (Å²) in [6.07, 6.45) is 1.47. The summed E-state index contributed by atoms with van der Waals surface area (Å²) in [5, 5.41) is 10.6. The molecule has 0 aliphatic carbocycles. The van der Waals surface area contributed by atoms with Gasteiger partial charge in [-0.2, -0.15) is 0 Å². The second-order valence-electron chi connectivity index (χ2n) is 3.12. The minimum atomic E-state index is -0.715. The molecule has 1 aromatic heterocycles. The zero-order chi connectivity index (χ0) is 12.3. The Balaban J connectivity index is 3.25. The maximum Gasteiger partial charge on any atom is 0.335 e. The Hall–Kier alpha value is -1.14. The molecule has 1 heterocycles. The number of nitrogens with zero attached hydrogens (tertiary/aromatic N) is 2. The van der Waals surface area contributed by atoms with Crippen LogP contribution in [0.5, 0.6) is 0 Å². The van der Waals surface area contributed by atoms with Crippen molar-refractivity contribution >= 4 is 33.2 Å². The van der Waals surface area contributed by atoms with Gasteiger partial charge in [-0.1, -0.05) is 6.58 Å². The molecule has 0 saturated heterocycles. The van der Waals surface area contributed by atoms with Gasteiger partial charge in [-0.25, -0.2) is 0 Å². The molecule has 5 nitrogen and oxygen atoms in total. The maximum atomic E-state index is 11.6. The number of halogens is 2. The van der Waals surface area contributed by atoms with Crippen LogP contribution in [0.4, 0.5) is 5.69 Å². The number of hydrogen-bond acceptors (Lipinski definition) is 3. The fraction of sp³-hybridized carbons (Fsp3) is 0.222. The van der Waals surface area contributed by atoms with Gasteiger partial charge in [0.15, 0.2) is 0 Å². The number of rotatable bonds is 4. The molecule has 0 aliphatic heterocycles. The third kappa shape index (κ3) is 2.93. The Kier molecular flexibility index (Phi) is 4.26. The second kappa shape index (κ2) is 5.27. The lowest BCUT2D eigenvalue weighted by molar-refractivity contribution is -0.386. The van der Waals surface area contributed by atoms with Gasteiger partial charge in [-0.3, -0.25) is 14.9 Å². The van der Waals surface area contributed by atoms with Crippen LogP contribution in [0.2, 0.25) is 0 Å². The van der Waals surface area contributed by atoms with E-state index < -0.39 is 16.2 Å². The van der Waals surface area contributed by atoms with Crippen LogP contribution in [-0.4, -0.2) is 15.4 Å². The predicted octanol–water partition coefficient (Wildman–Crippen LogP) is 2.31. The molecule has 0 atom stereocenters. The molecule has 0 aliphatic rings. The predicted molar refractivity (Wildman–Crippen MR) is 64.9 cm³/mol. The molecule has 0 spiro atoms. The standard InChI is InChI=1S/C9H8BrClN2O3/c1-6(3-11)4-12-5-7(10)2-8(9(12)14)13(15)16/h2,5H,1,3-4H2. The van der Waals surface area contributed by atoms with E-state index in [0.717, 1.165) is 0 Å². The topological polar surface area (TPSA) is 65.1 Å². The lowest BCUT2D eigenvalue weighted by Crippen LogP contribution is -2.23. The lowest BCUT2D eigenvalue weighted by atomic mass is 10.3. The van der Waals surface area contributed by atoms with E-state index in [1.165, 1.54) is 16.8 Å². The van der Waals surface area contributed by atoms with Crippen molar-refractivity contribution in [1.82, 2.24) is 4.57 Å². The Morgan fingerprint density at radius 2 is 2.31 bits per heavy atom. The van der Waals surface area contributed by atoms with E-state index in [-0.39, 0.29) is 12.4 Å². The molecule has 16 heavy (non-hydrogen) atoms. The average molecular weight is 308 g/mol. The maximum absolute atomic E-state index is 11.6. The first kappa shape index (κ1) is 12.9. The van der Waals surface area contributed by atoms with Gasteiger partial charge in [0.2, 0.25) is 0 Å². The first-order valence-electron chi connectivity index (χ1n) is 4.22. The van der Waals surface area contributed by atoms with Crippen LogP contribution < -0.4 is 5.56 Å². The van der Waals surface area contributed by atoms with Gasteiger partial charge in [-0.05, 0) is 21.5 Å². The van der Waals surface area contributed by atoms with E-state index >= 15 is 0 Å². The molecule has 0 bridgehead atoms. The highest BCUT2D eigenvalue weighted by Crippen LogP contribution is 2.14.